The van der Waals surface area contributed by atoms with Gasteiger partial charge in [0.05, 0.1) is 0 Å². The Hall–Kier alpha value is -0.550. The maximum atomic E-state index is 4.23. The Morgan fingerprint density at radius 3 is 2.73 bits per heavy atom. The Kier molecular flexibility index (Phi) is 4.60. The van der Waals surface area contributed by atoms with Crippen molar-refractivity contribution in [3.63, 3.8) is 0 Å². The summed E-state index contributed by atoms with van der Waals surface area (Å²) < 4.78 is 0. The minimum absolute atomic E-state index is 0.232. The van der Waals surface area contributed by atoms with Crippen LogP contribution in [0.3, 0.4) is 0 Å². The Morgan fingerprint density at radius 1 is 1.47 bits per heavy atom. The minimum atomic E-state index is 0.232. The largest absolute Gasteiger partial charge is 0.311 e. The predicted octanol–water partition coefficient (Wildman–Crippen LogP) is 1.98. The van der Waals surface area contributed by atoms with Crippen LogP contribution >= 0.6 is 11.8 Å². The van der Waals surface area contributed by atoms with Crippen molar-refractivity contribution in [2.45, 2.75) is 44.8 Å². The molecule has 0 aliphatic heterocycles. The van der Waals surface area contributed by atoms with E-state index in [1.54, 1.807) is 11.8 Å². The molecule has 0 aliphatic rings. The van der Waals surface area contributed by atoms with E-state index >= 15 is 0 Å². The number of thioether (sulfide) groups is 1. The third kappa shape index (κ3) is 4.66. The molecule has 1 rings (SSSR count). The van der Waals surface area contributed by atoms with Gasteiger partial charge in [0.15, 0.2) is 0 Å². The third-order valence-corrected chi connectivity index (χ3v) is 3.25. The molecular weight excluding hydrogens is 208 g/mol. The molecule has 86 valence electrons. The van der Waals surface area contributed by atoms with Crippen molar-refractivity contribution >= 4 is 11.8 Å². The molecule has 1 aromatic heterocycles. The molecule has 0 saturated heterocycles. The summed E-state index contributed by atoms with van der Waals surface area (Å²) in [6, 6.07) is 0. The summed E-state index contributed by atoms with van der Waals surface area (Å²) >= 11 is 1.68. The number of aromatic amines is 1. The fourth-order valence-electron chi connectivity index (χ4n) is 1.04. The molecule has 5 heteroatoms. The molecular formula is C10H20N4S. The number of hydrogen-bond donors (Lipinski definition) is 2. The van der Waals surface area contributed by atoms with Crippen molar-refractivity contribution in [2.24, 2.45) is 0 Å². The van der Waals surface area contributed by atoms with Crippen molar-refractivity contribution in [3.8, 4) is 0 Å². The summed E-state index contributed by atoms with van der Waals surface area (Å²) in [7, 11) is 0. The average Bonchev–Trinajstić information content (AvgIpc) is 2.59. The summed E-state index contributed by atoms with van der Waals surface area (Å²) in [5, 5.41) is 11.2. The molecule has 0 spiro atoms. The molecule has 0 saturated carbocycles. The van der Waals surface area contributed by atoms with Gasteiger partial charge in [-0.15, -0.1) is 5.10 Å². The van der Waals surface area contributed by atoms with Crippen molar-refractivity contribution in [1.29, 1.82) is 0 Å². The van der Waals surface area contributed by atoms with Gasteiger partial charge in [0.2, 0.25) is 5.16 Å². The minimum Gasteiger partial charge on any atom is -0.311 e. The van der Waals surface area contributed by atoms with Crippen molar-refractivity contribution < 1.29 is 0 Å². The molecule has 0 unspecified atom stereocenters. The van der Waals surface area contributed by atoms with Gasteiger partial charge in [-0.05, 0) is 27.2 Å². The molecule has 15 heavy (non-hydrogen) atoms. The lowest BCUT2D eigenvalue weighted by molar-refractivity contribution is 0.388. The Morgan fingerprint density at radius 2 is 2.20 bits per heavy atom. The highest BCUT2D eigenvalue weighted by Gasteiger charge is 2.12. The van der Waals surface area contributed by atoms with Crippen molar-refractivity contribution in [1.82, 2.24) is 20.5 Å². The first-order valence-corrected chi connectivity index (χ1v) is 6.29. The van der Waals surface area contributed by atoms with Crippen LogP contribution in [0.5, 0.6) is 0 Å². The van der Waals surface area contributed by atoms with Crippen LogP contribution in [0.2, 0.25) is 0 Å². The Bertz CT molecular complexity index is 295. The molecule has 0 fully saturated rings. The van der Waals surface area contributed by atoms with Crippen LogP contribution in [-0.2, 0) is 0 Å². The fourth-order valence-corrected chi connectivity index (χ4v) is 1.74. The topological polar surface area (TPSA) is 53.6 Å². The van der Waals surface area contributed by atoms with Crippen molar-refractivity contribution in [3.05, 3.63) is 5.82 Å². The monoisotopic (exact) mass is 228 g/mol. The standard InChI is InChI=1S/C10H20N4S/c1-5-10(3,4)11-6-7-15-9-12-8(2)13-14-9/h11H,5-7H2,1-4H3,(H,12,13,14). The molecule has 1 aromatic rings. The highest BCUT2D eigenvalue weighted by molar-refractivity contribution is 7.99. The lowest BCUT2D eigenvalue weighted by atomic mass is 10.0. The zero-order valence-electron chi connectivity index (χ0n) is 9.92. The van der Waals surface area contributed by atoms with Gasteiger partial charge in [-0.2, -0.15) is 0 Å². The second-order valence-electron chi connectivity index (χ2n) is 4.22. The fraction of sp³-hybridized carbons (Fsp3) is 0.800. The molecule has 4 nitrogen and oxygen atoms in total. The van der Waals surface area contributed by atoms with Crippen LogP contribution in [0.25, 0.3) is 0 Å². The van der Waals surface area contributed by atoms with Crippen LogP contribution in [-0.4, -0.2) is 33.0 Å². The lowest BCUT2D eigenvalue weighted by Crippen LogP contribution is -2.39. The lowest BCUT2D eigenvalue weighted by Gasteiger charge is -2.24. The van der Waals surface area contributed by atoms with Crippen LogP contribution in [0, 0.1) is 6.92 Å². The van der Waals surface area contributed by atoms with E-state index in [2.05, 4.69) is 41.3 Å². The molecule has 0 radical (unpaired) electrons. The maximum Gasteiger partial charge on any atom is 0.208 e. The van der Waals surface area contributed by atoms with Crippen LogP contribution in [0.4, 0.5) is 0 Å². The molecule has 0 aromatic carbocycles. The number of rotatable bonds is 6. The van der Waals surface area contributed by atoms with E-state index < -0.39 is 0 Å². The second kappa shape index (κ2) is 5.51. The van der Waals surface area contributed by atoms with Crippen LogP contribution in [0.1, 0.15) is 33.0 Å². The van der Waals surface area contributed by atoms with Gasteiger partial charge in [-0.1, -0.05) is 18.7 Å². The van der Waals surface area contributed by atoms with E-state index in [-0.39, 0.29) is 5.54 Å². The van der Waals surface area contributed by atoms with E-state index in [0.29, 0.717) is 0 Å². The quantitative estimate of drug-likeness (QED) is 0.577. The van der Waals surface area contributed by atoms with Gasteiger partial charge in [0.25, 0.3) is 0 Å². The number of hydrogen-bond acceptors (Lipinski definition) is 4. The molecule has 0 atom stereocenters. The first kappa shape index (κ1) is 12.5. The SMILES string of the molecule is CCC(C)(C)NCCSc1n[nH]c(C)n1. The molecule has 0 amide bonds. The van der Waals surface area contributed by atoms with Gasteiger partial charge >= 0.3 is 0 Å². The Labute approximate surface area is 95.6 Å². The van der Waals surface area contributed by atoms with E-state index in [9.17, 15) is 0 Å². The highest BCUT2D eigenvalue weighted by Crippen LogP contribution is 2.12. The number of nitrogens with one attached hydrogen (secondary N) is 2. The van der Waals surface area contributed by atoms with Gasteiger partial charge in [0.1, 0.15) is 5.82 Å². The zero-order valence-corrected chi connectivity index (χ0v) is 10.7. The highest BCUT2D eigenvalue weighted by atomic mass is 32.2. The number of H-pyrrole nitrogens is 1. The molecule has 0 bridgehead atoms. The molecule has 0 aliphatic carbocycles. The van der Waals surface area contributed by atoms with Crippen molar-refractivity contribution in [2.75, 3.05) is 12.3 Å². The number of aryl methyl sites for hydroxylation is 1. The number of aromatic nitrogens is 3. The van der Waals surface area contributed by atoms with E-state index in [1.807, 2.05) is 6.92 Å². The maximum absolute atomic E-state index is 4.23. The van der Waals surface area contributed by atoms with Crippen LogP contribution < -0.4 is 5.32 Å². The van der Waals surface area contributed by atoms with Gasteiger partial charge in [-0.3, -0.25) is 5.10 Å². The Balaban J connectivity index is 2.17. The van der Waals surface area contributed by atoms with Gasteiger partial charge in [0, 0.05) is 17.8 Å². The summed E-state index contributed by atoms with van der Waals surface area (Å²) in [4.78, 5) is 4.23. The predicted molar refractivity (Wildman–Crippen MR) is 64.2 cm³/mol. The van der Waals surface area contributed by atoms with Gasteiger partial charge < -0.3 is 5.32 Å². The number of nitrogens with zero attached hydrogens (tertiary/aromatic N) is 2. The van der Waals surface area contributed by atoms with E-state index in [4.69, 9.17) is 0 Å². The first-order valence-electron chi connectivity index (χ1n) is 5.30. The molecule has 1 heterocycles. The normalized spacial score (nSPS) is 12.0. The summed E-state index contributed by atoms with van der Waals surface area (Å²) in [5.74, 6) is 1.88. The summed E-state index contributed by atoms with van der Waals surface area (Å²) in [5.41, 5.74) is 0.232. The third-order valence-electron chi connectivity index (χ3n) is 2.40. The summed E-state index contributed by atoms with van der Waals surface area (Å²) in [6.45, 7) is 9.52. The van der Waals surface area contributed by atoms with E-state index in [1.165, 1.54) is 0 Å². The average molecular weight is 228 g/mol. The van der Waals surface area contributed by atoms with Gasteiger partial charge in [-0.25, -0.2) is 4.98 Å². The second-order valence-corrected chi connectivity index (χ2v) is 5.28. The smallest absolute Gasteiger partial charge is 0.208 e. The van der Waals surface area contributed by atoms with Crippen LogP contribution in [0.15, 0.2) is 5.16 Å². The van der Waals surface area contributed by atoms with E-state index in [0.717, 1.165) is 29.7 Å². The first-order chi connectivity index (χ1) is 7.03. The summed E-state index contributed by atoms with van der Waals surface area (Å²) in [6.07, 6.45) is 1.14. The molecule has 2 N–H and O–H groups in total. The zero-order chi connectivity index (χ0) is 11.3.